The summed E-state index contributed by atoms with van der Waals surface area (Å²) in [5.74, 6) is 2.91. The minimum absolute atomic E-state index is 0.0624. The summed E-state index contributed by atoms with van der Waals surface area (Å²) in [6, 6.07) is 19.4. The lowest BCUT2D eigenvalue weighted by molar-refractivity contribution is -0.617. The first kappa shape index (κ1) is 30.1. The highest BCUT2D eigenvalue weighted by Crippen LogP contribution is 2.47. The van der Waals surface area contributed by atoms with Crippen molar-refractivity contribution in [2.45, 2.75) is 66.5 Å². The predicted octanol–water partition coefficient (Wildman–Crippen LogP) is 9.00. The van der Waals surface area contributed by atoms with Crippen molar-refractivity contribution >= 4 is 55.7 Å². The number of para-hydroxylation sites is 2. The maximum Gasteiger partial charge on any atom is 0.297 e. The van der Waals surface area contributed by atoms with Gasteiger partial charge in [0, 0.05) is 24.4 Å². The molecule has 1 aliphatic rings. The highest BCUT2D eigenvalue weighted by molar-refractivity contribution is 6.13. The monoisotopic (exact) mass is 636 g/mol. The number of fused-ring (bicyclic) bond motifs is 9. The van der Waals surface area contributed by atoms with Crippen LogP contribution in [0.4, 0.5) is 17.2 Å². The molecule has 0 amide bonds. The van der Waals surface area contributed by atoms with Crippen LogP contribution in [0.5, 0.6) is 11.5 Å². The molecule has 48 heavy (non-hydrogen) atoms. The van der Waals surface area contributed by atoms with Crippen LogP contribution in [0, 0.1) is 13.8 Å². The lowest BCUT2D eigenvalue weighted by atomic mass is 9.95. The molecule has 0 unspecified atom stereocenters. The molecule has 0 fully saturated rings. The number of aromatic nitrogens is 5. The fourth-order valence-electron chi connectivity index (χ4n) is 7.71. The zero-order valence-electron chi connectivity index (χ0n) is 29.2. The zero-order chi connectivity index (χ0) is 33.6. The van der Waals surface area contributed by atoms with Gasteiger partial charge in [0.1, 0.15) is 17.4 Å². The third-order valence-corrected chi connectivity index (χ3v) is 10.3. The molecular formula is C40H42N7O+. The number of anilines is 3. The smallest absolute Gasteiger partial charge is 0.297 e. The summed E-state index contributed by atoms with van der Waals surface area (Å²) < 4.78 is 11.6. The van der Waals surface area contributed by atoms with Crippen molar-refractivity contribution in [1.29, 1.82) is 0 Å². The molecule has 8 nitrogen and oxygen atoms in total. The minimum Gasteiger partial charge on any atom is -0.453 e. The summed E-state index contributed by atoms with van der Waals surface area (Å²) in [5, 5.41) is 2.27. The minimum atomic E-state index is 0.0624. The molecule has 0 bridgehead atoms. The van der Waals surface area contributed by atoms with Crippen LogP contribution in [0.15, 0.2) is 73.2 Å². The van der Waals surface area contributed by atoms with Crippen molar-refractivity contribution in [2.24, 2.45) is 7.05 Å². The number of hydrogen-bond acceptors (Lipinski definition) is 6. The number of rotatable bonds is 5. The summed E-state index contributed by atoms with van der Waals surface area (Å²) >= 11 is 0. The van der Waals surface area contributed by atoms with Crippen LogP contribution >= 0.6 is 0 Å². The zero-order valence-corrected chi connectivity index (χ0v) is 29.2. The third kappa shape index (κ3) is 4.14. The van der Waals surface area contributed by atoms with E-state index < -0.39 is 0 Å². The van der Waals surface area contributed by atoms with Crippen LogP contribution in [-0.2, 0) is 7.05 Å². The topological polar surface area (TPSA) is 62.7 Å². The van der Waals surface area contributed by atoms with Gasteiger partial charge in [-0.2, -0.15) is 4.40 Å². The molecule has 0 radical (unpaired) electrons. The fraction of sp³-hybridized carbons (Fsp3) is 0.300. The molecule has 0 saturated heterocycles. The second kappa shape index (κ2) is 10.9. The maximum atomic E-state index is 6.88. The average Bonchev–Trinajstić information content (AvgIpc) is 3.52. The molecule has 242 valence electrons. The lowest BCUT2D eigenvalue weighted by Crippen LogP contribution is -2.36. The molecule has 7 aromatic rings. The van der Waals surface area contributed by atoms with Gasteiger partial charge < -0.3 is 14.5 Å². The van der Waals surface area contributed by atoms with Crippen molar-refractivity contribution in [3.63, 3.8) is 0 Å². The van der Waals surface area contributed by atoms with E-state index in [4.69, 9.17) is 19.7 Å². The first-order chi connectivity index (χ1) is 23.1. The van der Waals surface area contributed by atoms with Crippen LogP contribution in [0.2, 0.25) is 0 Å². The standard InChI is InChI=1S/C40H42N7O/c1-22(2)27-14-12-17-30-35(27)37-34(40-45(9)28-15-10-11-16-29(28)47(30)40)24(5)32(20-43-37)48-33-21-42-36(23(3)4)38(25(33)6)46-26(7)44(8)31-18-13-19-41-39(31)46/h10-23,26H,1-9H3/q+1/t26-/m1/s1. The first-order valence-corrected chi connectivity index (χ1v) is 16.9. The Morgan fingerprint density at radius 3 is 2.29 bits per heavy atom. The Morgan fingerprint density at radius 2 is 1.52 bits per heavy atom. The van der Waals surface area contributed by atoms with Gasteiger partial charge in [-0.25, -0.2) is 9.55 Å². The maximum absolute atomic E-state index is 6.88. The number of ether oxygens (including phenoxy) is 1. The van der Waals surface area contributed by atoms with Crippen LogP contribution in [-0.4, -0.2) is 32.6 Å². The van der Waals surface area contributed by atoms with Gasteiger partial charge in [-0.05, 0) is 68.5 Å². The second-order valence-corrected chi connectivity index (χ2v) is 13.8. The number of pyridine rings is 4. The molecule has 0 saturated carbocycles. The van der Waals surface area contributed by atoms with Gasteiger partial charge in [-0.3, -0.25) is 9.97 Å². The Labute approximate surface area is 281 Å². The Hall–Kier alpha value is -5.24. The number of aryl methyl sites for hydroxylation is 2. The van der Waals surface area contributed by atoms with E-state index in [1.54, 1.807) is 0 Å². The van der Waals surface area contributed by atoms with Gasteiger partial charge in [0.2, 0.25) is 0 Å². The average molecular weight is 637 g/mol. The summed E-state index contributed by atoms with van der Waals surface area (Å²) in [5.41, 5.74) is 12.1. The number of nitrogens with zero attached hydrogens (tertiary/aromatic N) is 7. The molecule has 1 atom stereocenters. The molecule has 5 aromatic heterocycles. The summed E-state index contributed by atoms with van der Waals surface area (Å²) in [6.45, 7) is 15.4. The van der Waals surface area contributed by atoms with Crippen molar-refractivity contribution in [1.82, 2.24) is 19.4 Å². The molecule has 0 N–H and O–H groups in total. The predicted molar refractivity (Wildman–Crippen MR) is 195 cm³/mol. The fourth-order valence-corrected chi connectivity index (χ4v) is 7.71. The van der Waals surface area contributed by atoms with E-state index in [0.29, 0.717) is 17.4 Å². The number of hydrogen-bond donors (Lipinski definition) is 0. The SMILES string of the molecule is Cc1c(Oc2cnc3c4c(C(C)C)cccc4n4c5ccccc5[n+](C)c4c3c2C)cnc(C(C)C)c1N1c2ncccc2N(C)[C@H]1C. The van der Waals surface area contributed by atoms with Gasteiger partial charge in [0.05, 0.1) is 52.8 Å². The quantitative estimate of drug-likeness (QED) is 0.139. The Kier molecular flexibility index (Phi) is 6.84. The van der Waals surface area contributed by atoms with E-state index in [1.165, 1.54) is 22.0 Å². The van der Waals surface area contributed by atoms with E-state index in [2.05, 4.69) is 130 Å². The van der Waals surface area contributed by atoms with Crippen LogP contribution in [0.1, 0.15) is 68.8 Å². The van der Waals surface area contributed by atoms with Gasteiger partial charge in [0.25, 0.3) is 5.65 Å². The van der Waals surface area contributed by atoms with Gasteiger partial charge in [-0.1, -0.05) is 52.0 Å². The largest absolute Gasteiger partial charge is 0.453 e. The Balaban J connectivity index is 1.38. The van der Waals surface area contributed by atoms with Crippen molar-refractivity contribution in [3.8, 4) is 11.5 Å². The van der Waals surface area contributed by atoms with E-state index >= 15 is 0 Å². The Morgan fingerprint density at radius 1 is 0.792 bits per heavy atom. The molecule has 1 aliphatic heterocycles. The first-order valence-electron chi connectivity index (χ1n) is 16.9. The molecular weight excluding hydrogens is 594 g/mol. The van der Waals surface area contributed by atoms with E-state index in [0.717, 1.165) is 56.1 Å². The van der Waals surface area contributed by atoms with Gasteiger partial charge in [0.15, 0.2) is 22.6 Å². The van der Waals surface area contributed by atoms with E-state index in [-0.39, 0.29) is 12.1 Å². The highest BCUT2D eigenvalue weighted by atomic mass is 16.5. The van der Waals surface area contributed by atoms with Crippen molar-refractivity contribution < 1.29 is 9.30 Å². The Bertz CT molecular complexity index is 2430. The number of benzene rings is 2. The van der Waals surface area contributed by atoms with Crippen molar-refractivity contribution in [3.05, 3.63) is 95.6 Å². The third-order valence-electron chi connectivity index (χ3n) is 10.3. The summed E-state index contributed by atoms with van der Waals surface area (Å²) in [6.07, 6.45) is 5.69. The van der Waals surface area contributed by atoms with E-state index in [9.17, 15) is 0 Å². The van der Waals surface area contributed by atoms with Crippen molar-refractivity contribution in [2.75, 3.05) is 16.8 Å². The van der Waals surface area contributed by atoms with Gasteiger partial charge in [-0.15, -0.1) is 0 Å². The van der Waals surface area contributed by atoms with Crippen LogP contribution in [0.3, 0.4) is 0 Å². The molecule has 0 spiro atoms. The summed E-state index contributed by atoms with van der Waals surface area (Å²) in [7, 11) is 4.26. The normalized spacial score (nSPS) is 14.9. The van der Waals surface area contributed by atoms with Gasteiger partial charge >= 0.3 is 0 Å². The summed E-state index contributed by atoms with van der Waals surface area (Å²) in [4.78, 5) is 19.6. The second-order valence-electron chi connectivity index (χ2n) is 13.8. The molecule has 8 rings (SSSR count). The molecule has 0 aliphatic carbocycles. The van der Waals surface area contributed by atoms with Crippen LogP contribution < -0.4 is 19.1 Å². The molecule has 8 heteroatoms. The van der Waals surface area contributed by atoms with E-state index in [1.807, 2.05) is 24.7 Å². The molecule has 6 heterocycles. The number of imidazole rings is 1. The highest BCUT2D eigenvalue weighted by Gasteiger charge is 2.36. The molecule has 2 aromatic carbocycles. The lowest BCUT2D eigenvalue weighted by Gasteiger charge is -2.31. The van der Waals surface area contributed by atoms with Crippen LogP contribution in [0.25, 0.3) is 38.5 Å².